The average Bonchev–Trinajstić information content (AvgIpc) is 3.42. The highest BCUT2D eigenvalue weighted by Gasteiger charge is 2.27. The lowest BCUT2D eigenvalue weighted by Gasteiger charge is -2.28. The summed E-state index contributed by atoms with van der Waals surface area (Å²) < 4.78 is 11.4. The van der Waals surface area contributed by atoms with Gasteiger partial charge in [-0.3, -0.25) is 4.79 Å². The number of fused-ring (bicyclic) bond motifs is 3. The summed E-state index contributed by atoms with van der Waals surface area (Å²) in [5.74, 6) is 0.548. The fourth-order valence-electron chi connectivity index (χ4n) is 5.73. The molecule has 6 rings (SSSR count). The Kier molecular flexibility index (Phi) is 7.95. The highest BCUT2D eigenvalue weighted by molar-refractivity contribution is 7.13. The monoisotopic (exact) mass is 582 g/mol. The van der Waals surface area contributed by atoms with Crippen LogP contribution in [-0.4, -0.2) is 43.7 Å². The van der Waals surface area contributed by atoms with Crippen molar-refractivity contribution in [3.63, 3.8) is 0 Å². The maximum Gasteiger partial charge on any atom is 0.357 e. The van der Waals surface area contributed by atoms with Gasteiger partial charge in [-0.15, -0.1) is 11.3 Å². The predicted molar refractivity (Wildman–Crippen MR) is 167 cm³/mol. The fraction of sp³-hybridized carbons (Fsp3) is 0.303. The maximum absolute atomic E-state index is 14.1. The molecule has 0 radical (unpaired) electrons. The molecule has 2 aliphatic heterocycles. The standard InChI is InChI=1S/C33H34N4O4S/c1-20-16-21(19-34)6-8-27(20)35-32(38)25-17-26-28(41-14-10-22-11-15-42-31(22)26)18-24(25)23-7-9-29(36-30(23)33(39)40-2)37-12-4-3-5-13-37/h6-9,11,15-18H,3-5,10,12-14,19,34H2,1-2H3,(H,35,38). The van der Waals surface area contributed by atoms with Crippen molar-refractivity contribution in [3.8, 4) is 27.3 Å². The van der Waals surface area contributed by atoms with Crippen molar-refractivity contribution < 1.29 is 19.1 Å². The second kappa shape index (κ2) is 12.0. The van der Waals surface area contributed by atoms with Crippen molar-refractivity contribution in [1.82, 2.24) is 4.98 Å². The number of ether oxygens (including phenoxy) is 2. The highest BCUT2D eigenvalue weighted by atomic mass is 32.1. The molecular weight excluding hydrogens is 548 g/mol. The van der Waals surface area contributed by atoms with E-state index in [-0.39, 0.29) is 11.6 Å². The van der Waals surface area contributed by atoms with Crippen LogP contribution in [0.15, 0.2) is 53.9 Å². The van der Waals surface area contributed by atoms with Gasteiger partial charge in [0.25, 0.3) is 5.91 Å². The van der Waals surface area contributed by atoms with E-state index < -0.39 is 5.97 Å². The topological polar surface area (TPSA) is 107 Å². The Morgan fingerprint density at radius 1 is 1.05 bits per heavy atom. The smallest absolute Gasteiger partial charge is 0.357 e. The number of nitrogens with zero attached hydrogens (tertiary/aromatic N) is 2. The van der Waals surface area contributed by atoms with Gasteiger partial charge in [-0.2, -0.15) is 0 Å². The lowest BCUT2D eigenvalue weighted by Crippen LogP contribution is -2.30. The first-order chi connectivity index (χ1) is 20.5. The summed E-state index contributed by atoms with van der Waals surface area (Å²) in [5.41, 5.74) is 12.1. The molecule has 2 aromatic heterocycles. The normalized spacial score (nSPS) is 14.3. The molecule has 8 nitrogen and oxygen atoms in total. The number of esters is 1. The largest absolute Gasteiger partial charge is 0.493 e. The molecule has 4 heterocycles. The molecule has 2 aliphatic rings. The first-order valence-electron chi connectivity index (χ1n) is 14.3. The van der Waals surface area contributed by atoms with E-state index in [4.69, 9.17) is 20.2 Å². The van der Waals surface area contributed by atoms with Gasteiger partial charge in [0.1, 0.15) is 11.6 Å². The van der Waals surface area contributed by atoms with Crippen LogP contribution in [-0.2, 0) is 17.7 Å². The minimum atomic E-state index is -0.556. The number of pyridine rings is 1. The molecule has 0 unspecified atom stereocenters. The summed E-state index contributed by atoms with van der Waals surface area (Å²) in [6, 6.07) is 15.4. The number of rotatable bonds is 6. The number of nitrogens with one attached hydrogen (secondary N) is 1. The van der Waals surface area contributed by atoms with Crippen LogP contribution in [0.1, 0.15) is 56.8 Å². The van der Waals surface area contributed by atoms with Crippen LogP contribution in [0.3, 0.4) is 0 Å². The van der Waals surface area contributed by atoms with E-state index in [0.717, 1.165) is 59.7 Å². The van der Waals surface area contributed by atoms with Gasteiger partial charge >= 0.3 is 5.97 Å². The molecule has 4 aromatic rings. The van der Waals surface area contributed by atoms with E-state index in [1.165, 1.54) is 19.1 Å². The first kappa shape index (κ1) is 27.9. The van der Waals surface area contributed by atoms with Crippen molar-refractivity contribution in [2.24, 2.45) is 5.73 Å². The third-order valence-corrected chi connectivity index (χ3v) is 8.98. The molecule has 2 aromatic carbocycles. The van der Waals surface area contributed by atoms with Gasteiger partial charge in [-0.1, -0.05) is 12.1 Å². The van der Waals surface area contributed by atoms with Gasteiger partial charge in [-0.25, -0.2) is 9.78 Å². The zero-order valence-electron chi connectivity index (χ0n) is 23.9. The Labute approximate surface area is 249 Å². The molecule has 0 spiro atoms. The second-order valence-corrected chi connectivity index (χ2v) is 11.6. The second-order valence-electron chi connectivity index (χ2n) is 10.7. The van der Waals surface area contributed by atoms with Gasteiger partial charge in [0.2, 0.25) is 0 Å². The maximum atomic E-state index is 14.1. The van der Waals surface area contributed by atoms with Gasteiger partial charge < -0.3 is 25.4 Å². The minimum absolute atomic E-state index is 0.170. The molecule has 0 atom stereocenters. The average molecular weight is 583 g/mol. The van der Waals surface area contributed by atoms with Crippen LogP contribution < -0.4 is 20.7 Å². The third-order valence-electron chi connectivity index (χ3n) is 7.99. The number of amides is 1. The SMILES string of the molecule is COC(=O)c1nc(N2CCCCC2)ccc1-c1cc2c(cc1C(=O)Nc1ccc(CN)cc1C)-c1sccc1CCO2. The molecule has 0 bridgehead atoms. The Bertz CT molecular complexity index is 1660. The lowest BCUT2D eigenvalue weighted by molar-refractivity contribution is 0.0595. The Morgan fingerprint density at radius 2 is 1.88 bits per heavy atom. The number of thiophene rings is 1. The van der Waals surface area contributed by atoms with E-state index in [1.807, 2.05) is 49.4 Å². The van der Waals surface area contributed by atoms with Crippen LogP contribution >= 0.6 is 11.3 Å². The van der Waals surface area contributed by atoms with E-state index in [0.29, 0.717) is 41.3 Å². The number of aryl methyl sites for hydroxylation is 1. The van der Waals surface area contributed by atoms with Crippen LogP contribution in [0, 0.1) is 6.92 Å². The van der Waals surface area contributed by atoms with Crippen LogP contribution in [0.25, 0.3) is 21.6 Å². The summed E-state index contributed by atoms with van der Waals surface area (Å²) in [7, 11) is 1.35. The molecule has 1 fully saturated rings. The number of benzene rings is 2. The van der Waals surface area contributed by atoms with Crippen molar-refractivity contribution in [3.05, 3.63) is 81.9 Å². The van der Waals surface area contributed by atoms with E-state index in [1.54, 1.807) is 11.3 Å². The van der Waals surface area contributed by atoms with Crippen LogP contribution in [0.2, 0.25) is 0 Å². The molecule has 216 valence electrons. The molecule has 1 amide bonds. The zero-order chi connectivity index (χ0) is 29.2. The summed E-state index contributed by atoms with van der Waals surface area (Å²) in [6.07, 6.45) is 4.13. The number of carbonyl (C=O) groups excluding carboxylic acids is 2. The molecule has 0 saturated carbocycles. The number of aromatic nitrogens is 1. The fourth-order valence-corrected chi connectivity index (χ4v) is 6.70. The van der Waals surface area contributed by atoms with Crippen molar-refractivity contribution in [1.29, 1.82) is 0 Å². The van der Waals surface area contributed by atoms with Crippen molar-refractivity contribution in [2.45, 2.75) is 39.2 Å². The molecule has 9 heteroatoms. The number of carbonyl (C=O) groups is 2. The summed E-state index contributed by atoms with van der Waals surface area (Å²) >= 11 is 1.63. The molecule has 42 heavy (non-hydrogen) atoms. The molecular formula is C33H34N4O4S. The minimum Gasteiger partial charge on any atom is -0.493 e. The number of hydrogen-bond acceptors (Lipinski definition) is 8. The Balaban J connectivity index is 1.51. The van der Waals surface area contributed by atoms with Gasteiger partial charge in [-0.05, 0) is 84.7 Å². The third kappa shape index (κ3) is 5.37. The molecule has 3 N–H and O–H groups in total. The van der Waals surface area contributed by atoms with Crippen LogP contribution in [0.4, 0.5) is 11.5 Å². The Hall–Kier alpha value is -4.21. The van der Waals surface area contributed by atoms with Gasteiger partial charge in [0.15, 0.2) is 5.69 Å². The number of hydrogen-bond donors (Lipinski definition) is 2. The van der Waals surface area contributed by atoms with Crippen molar-refractivity contribution in [2.75, 3.05) is 37.0 Å². The number of methoxy groups -OCH3 is 1. The predicted octanol–water partition coefficient (Wildman–Crippen LogP) is 6.21. The van der Waals surface area contributed by atoms with E-state index in [9.17, 15) is 9.59 Å². The van der Waals surface area contributed by atoms with Crippen molar-refractivity contribution >= 4 is 34.7 Å². The summed E-state index contributed by atoms with van der Waals surface area (Å²) in [4.78, 5) is 35.3. The van der Waals surface area contributed by atoms with Crippen LogP contribution in [0.5, 0.6) is 5.75 Å². The number of nitrogens with two attached hydrogens (primary N) is 1. The van der Waals surface area contributed by atoms with Gasteiger partial charge in [0, 0.05) is 58.9 Å². The van der Waals surface area contributed by atoms with E-state index >= 15 is 0 Å². The first-order valence-corrected chi connectivity index (χ1v) is 15.2. The molecule has 1 saturated heterocycles. The zero-order valence-corrected chi connectivity index (χ0v) is 24.7. The number of piperidine rings is 1. The highest BCUT2D eigenvalue weighted by Crippen LogP contribution is 2.43. The number of anilines is 2. The summed E-state index contributed by atoms with van der Waals surface area (Å²) in [6.45, 7) is 4.66. The Morgan fingerprint density at radius 3 is 2.64 bits per heavy atom. The van der Waals surface area contributed by atoms with E-state index in [2.05, 4.69) is 21.7 Å². The quantitative estimate of drug-likeness (QED) is 0.260. The summed E-state index contributed by atoms with van der Waals surface area (Å²) in [5, 5.41) is 5.16. The molecule has 0 aliphatic carbocycles. The lowest BCUT2D eigenvalue weighted by atomic mass is 9.93. The van der Waals surface area contributed by atoms with Gasteiger partial charge in [0.05, 0.1) is 13.7 Å².